The predicted molar refractivity (Wildman–Crippen MR) is 68.7 cm³/mol. The fourth-order valence-electron chi connectivity index (χ4n) is 2.05. The van der Waals surface area contributed by atoms with Crippen LogP contribution in [0.4, 0.5) is 5.69 Å². The fourth-order valence-corrected chi connectivity index (χ4v) is 3.54. The molecule has 1 heterocycles. The Balaban J connectivity index is 2.09. The smallest absolute Gasteiger partial charge is 0.337 e. The number of anilines is 1. The Labute approximate surface area is 106 Å². The van der Waals surface area contributed by atoms with Crippen molar-refractivity contribution in [2.24, 2.45) is 0 Å². The van der Waals surface area contributed by atoms with Crippen LogP contribution in [0.25, 0.3) is 0 Å². The van der Waals surface area contributed by atoms with Gasteiger partial charge in [-0.2, -0.15) is 0 Å². The Bertz CT molecular complexity index is 539. The Morgan fingerprint density at radius 3 is 2.44 bits per heavy atom. The lowest BCUT2D eigenvalue weighted by Gasteiger charge is -2.24. The van der Waals surface area contributed by atoms with E-state index >= 15 is 0 Å². The van der Waals surface area contributed by atoms with E-state index in [2.05, 4.69) is 5.32 Å². The average Bonchev–Trinajstić information content (AvgIpc) is 2.32. The van der Waals surface area contributed by atoms with Gasteiger partial charge >= 0.3 is 5.97 Å². The fraction of sp³-hybridized carbons (Fsp3) is 0.417. The maximum Gasteiger partial charge on any atom is 0.337 e. The first-order chi connectivity index (χ1) is 8.48. The summed E-state index contributed by atoms with van der Waals surface area (Å²) in [7, 11) is -2.89. The number of rotatable bonds is 3. The van der Waals surface area contributed by atoms with Crippen LogP contribution in [0.5, 0.6) is 0 Å². The molecule has 0 aromatic heterocycles. The molecule has 0 atom stereocenters. The molecule has 1 aliphatic rings. The number of nitrogens with one attached hydrogen (secondary N) is 1. The minimum absolute atomic E-state index is 0.0222. The summed E-state index contributed by atoms with van der Waals surface area (Å²) in [6, 6.07) is 6.68. The van der Waals surface area contributed by atoms with Crippen molar-refractivity contribution in [1.29, 1.82) is 0 Å². The van der Waals surface area contributed by atoms with E-state index in [1.54, 1.807) is 18.2 Å². The summed E-state index contributed by atoms with van der Waals surface area (Å²) in [5, 5.41) is 12.2. The largest absolute Gasteiger partial charge is 0.478 e. The molecule has 6 heteroatoms. The molecule has 0 saturated carbocycles. The highest BCUT2D eigenvalue weighted by Gasteiger charge is 2.24. The maximum atomic E-state index is 11.3. The van der Waals surface area contributed by atoms with Crippen molar-refractivity contribution >= 4 is 21.5 Å². The molecule has 1 aromatic rings. The van der Waals surface area contributed by atoms with Crippen molar-refractivity contribution < 1.29 is 18.3 Å². The minimum atomic E-state index is -2.89. The molecule has 0 radical (unpaired) electrons. The van der Waals surface area contributed by atoms with Gasteiger partial charge in [0.2, 0.25) is 0 Å². The van der Waals surface area contributed by atoms with Crippen molar-refractivity contribution in [3.05, 3.63) is 29.8 Å². The SMILES string of the molecule is O=C(O)c1ccccc1NC1CCS(=O)(=O)CC1. The maximum absolute atomic E-state index is 11.3. The molecule has 0 aliphatic carbocycles. The summed E-state index contributed by atoms with van der Waals surface area (Å²) >= 11 is 0. The Kier molecular flexibility index (Phi) is 3.56. The van der Waals surface area contributed by atoms with E-state index in [0.29, 0.717) is 18.5 Å². The van der Waals surface area contributed by atoms with Gasteiger partial charge in [0, 0.05) is 11.7 Å². The van der Waals surface area contributed by atoms with Gasteiger partial charge in [-0.1, -0.05) is 12.1 Å². The number of hydrogen-bond donors (Lipinski definition) is 2. The zero-order valence-corrected chi connectivity index (χ0v) is 10.6. The lowest BCUT2D eigenvalue weighted by Crippen LogP contribution is -2.32. The van der Waals surface area contributed by atoms with E-state index in [1.807, 2.05) is 0 Å². The zero-order chi connectivity index (χ0) is 13.2. The second kappa shape index (κ2) is 4.97. The first-order valence-electron chi connectivity index (χ1n) is 5.77. The Morgan fingerprint density at radius 1 is 1.22 bits per heavy atom. The molecule has 5 nitrogen and oxygen atoms in total. The highest BCUT2D eigenvalue weighted by Crippen LogP contribution is 2.21. The van der Waals surface area contributed by atoms with Crippen LogP contribution in [0.3, 0.4) is 0 Å². The van der Waals surface area contributed by atoms with E-state index in [-0.39, 0.29) is 23.1 Å². The molecular weight excluding hydrogens is 254 g/mol. The first kappa shape index (κ1) is 12.9. The van der Waals surface area contributed by atoms with Gasteiger partial charge in [-0.05, 0) is 25.0 Å². The molecule has 2 N–H and O–H groups in total. The summed E-state index contributed by atoms with van der Waals surface area (Å²) < 4.78 is 22.6. The number of aromatic carboxylic acids is 1. The Morgan fingerprint density at radius 2 is 1.83 bits per heavy atom. The topological polar surface area (TPSA) is 83.5 Å². The summed E-state index contributed by atoms with van der Waals surface area (Å²) in [5.74, 6) is -0.652. The number of benzene rings is 1. The van der Waals surface area contributed by atoms with E-state index < -0.39 is 15.8 Å². The minimum Gasteiger partial charge on any atom is -0.478 e. The van der Waals surface area contributed by atoms with Crippen molar-refractivity contribution in [3.63, 3.8) is 0 Å². The van der Waals surface area contributed by atoms with Gasteiger partial charge < -0.3 is 10.4 Å². The van der Waals surface area contributed by atoms with Gasteiger partial charge in [0.1, 0.15) is 9.84 Å². The van der Waals surface area contributed by atoms with Crippen molar-refractivity contribution in [2.45, 2.75) is 18.9 Å². The second-order valence-electron chi connectivity index (χ2n) is 4.42. The van der Waals surface area contributed by atoms with Gasteiger partial charge in [0.15, 0.2) is 0 Å². The van der Waals surface area contributed by atoms with Gasteiger partial charge in [-0.25, -0.2) is 13.2 Å². The third-order valence-electron chi connectivity index (χ3n) is 3.07. The van der Waals surface area contributed by atoms with E-state index in [0.717, 1.165) is 0 Å². The van der Waals surface area contributed by atoms with E-state index in [1.165, 1.54) is 6.07 Å². The highest BCUT2D eigenvalue weighted by molar-refractivity contribution is 7.91. The van der Waals surface area contributed by atoms with Crippen LogP contribution in [0.15, 0.2) is 24.3 Å². The molecule has 2 rings (SSSR count). The van der Waals surface area contributed by atoms with E-state index in [4.69, 9.17) is 5.11 Å². The van der Waals surface area contributed by atoms with Crippen molar-refractivity contribution in [3.8, 4) is 0 Å². The van der Waals surface area contributed by atoms with Gasteiger partial charge in [0.05, 0.1) is 17.1 Å². The standard InChI is InChI=1S/C12H15NO4S/c14-12(15)10-3-1-2-4-11(10)13-9-5-7-18(16,17)8-6-9/h1-4,9,13H,5-8H2,(H,14,15). The molecule has 1 aliphatic heterocycles. The third kappa shape index (κ3) is 3.01. The molecule has 0 unspecified atom stereocenters. The molecule has 1 fully saturated rings. The summed E-state index contributed by atoms with van der Waals surface area (Å²) in [6.07, 6.45) is 1.05. The number of para-hydroxylation sites is 1. The van der Waals surface area contributed by atoms with Crippen LogP contribution in [0.1, 0.15) is 23.2 Å². The van der Waals surface area contributed by atoms with Gasteiger partial charge in [-0.15, -0.1) is 0 Å². The number of hydrogen-bond acceptors (Lipinski definition) is 4. The highest BCUT2D eigenvalue weighted by atomic mass is 32.2. The van der Waals surface area contributed by atoms with Crippen molar-refractivity contribution in [2.75, 3.05) is 16.8 Å². The molecule has 98 valence electrons. The Hall–Kier alpha value is -1.56. The molecule has 1 aromatic carbocycles. The van der Waals surface area contributed by atoms with Crippen LogP contribution >= 0.6 is 0 Å². The number of carboxylic acids is 1. The van der Waals surface area contributed by atoms with Crippen LogP contribution in [0.2, 0.25) is 0 Å². The second-order valence-corrected chi connectivity index (χ2v) is 6.72. The molecule has 18 heavy (non-hydrogen) atoms. The van der Waals surface area contributed by atoms with Crippen LogP contribution in [-0.4, -0.2) is 37.0 Å². The number of sulfone groups is 1. The molecular formula is C12H15NO4S. The van der Waals surface area contributed by atoms with E-state index in [9.17, 15) is 13.2 Å². The molecule has 0 bridgehead atoms. The first-order valence-corrected chi connectivity index (χ1v) is 7.59. The van der Waals surface area contributed by atoms with Crippen LogP contribution in [0, 0.1) is 0 Å². The average molecular weight is 269 g/mol. The summed E-state index contributed by atoms with van der Waals surface area (Å²) in [6.45, 7) is 0. The molecule has 0 amide bonds. The number of carboxylic acid groups (broad SMARTS) is 1. The molecule has 1 saturated heterocycles. The van der Waals surface area contributed by atoms with Crippen LogP contribution in [-0.2, 0) is 9.84 Å². The monoisotopic (exact) mass is 269 g/mol. The van der Waals surface area contributed by atoms with Crippen LogP contribution < -0.4 is 5.32 Å². The van der Waals surface area contributed by atoms with Gasteiger partial charge in [0.25, 0.3) is 0 Å². The lowest BCUT2D eigenvalue weighted by molar-refractivity contribution is 0.0698. The number of carbonyl (C=O) groups is 1. The van der Waals surface area contributed by atoms with Gasteiger partial charge in [-0.3, -0.25) is 0 Å². The molecule has 0 spiro atoms. The normalized spacial score (nSPS) is 19.3. The summed E-state index contributed by atoms with van der Waals surface area (Å²) in [4.78, 5) is 11.0. The summed E-state index contributed by atoms with van der Waals surface area (Å²) in [5.41, 5.74) is 0.764. The van der Waals surface area contributed by atoms with Crippen molar-refractivity contribution in [1.82, 2.24) is 0 Å². The quantitative estimate of drug-likeness (QED) is 0.866. The lowest BCUT2D eigenvalue weighted by atomic mass is 10.1. The third-order valence-corrected chi connectivity index (χ3v) is 4.79. The zero-order valence-electron chi connectivity index (χ0n) is 9.80. The predicted octanol–water partition coefficient (Wildman–Crippen LogP) is 1.37.